The van der Waals surface area contributed by atoms with Crippen molar-refractivity contribution >= 4 is 22.6 Å². The topological polar surface area (TPSA) is 112 Å². The van der Waals surface area contributed by atoms with Crippen molar-refractivity contribution in [2.24, 2.45) is 0 Å². The van der Waals surface area contributed by atoms with Crippen molar-refractivity contribution in [3.8, 4) is 34.0 Å². The highest BCUT2D eigenvalue weighted by Gasteiger charge is 2.54. The number of fused-ring (bicyclic) bond motifs is 2. The van der Waals surface area contributed by atoms with Gasteiger partial charge in [-0.3, -0.25) is 14.3 Å². The summed E-state index contributed by atoms with van der Waals surface area (Å²) in [5.41, 5.74) is 2.12. The van der Waals surface area contributed by atoms with Gasteiger partial charge in [-0.2, -0.15) is 13.9 Å². The zero-order valence-electron chi connectivity index (χ0n) is 25.0. The molecule has 1 aliphatic rings. The zero-order valence-corrected chi connectivity index (χ0v) is 25.0. The fourth-order valence-electron chi connectivity index (χ4n) is 5.35. The van der Waals surface area contributed by atoms with Crippen molar-refractivity contribution in [1.29, 1.82) is 0 Å². The summed E-state index contributed by atoms with van der Waals surface area (Å²) in [6.45, 7) is 1.86. The largest absolute Gasteiger partial charge is 0.540 e. The van der Waals surface area contributed by atoms with Gasteiger partial charge in [0.2, 0.25) is 0 Å². The number of aliphatic carboxylic acids is 1. The number of aromatic nitrogens is 2. The van der Waals surface area contributed by atoms with Gasteiger partial charge in [0.1, 0.15) is 11.5 Å². The van der Waals surface area contributed by atoms with Gasteiger partial charge in [0.25, 0.3) is 5.91 Å². The molecule has 5 aromatic rings. The van der Waals surface area contributed by atoms with E-state index in [4.69, 9.17) is 14.9 Å². The summed E-state index contributed by atoms with van der Waals surface area (Å²) >= 11 is 0. The van der Waals surface area contributed by atoms with Gasteiger partial charge in [0, 0.05) is 23.2 Å². The summed E-state index contributed by atoms with van der Waals surface area (Å²) in [6.07, 6.45) is -9.01. The highest BCUT2D eigenvalue weighted by Crippen LogP contribution is 2.47. The Morgan fingerprint density at radius 1 is 0.936 bits per heavy atom. The molecule has 0 spiro atoms. The van der Waals surface area contributed by atoms with E-state index in [0.717, 1.165) is 34.0 Å². The summed E-state index contributed by atoms with van der Waals surface area (Å²) in [5, 5.41) is 18.0. The highest BCUT2D eigenvalue weighted by atomic mass is 19.3. The van der Waals surface area contributed by atoms with Gasteiger partial charge in [-0.25, -0.2) is 4.74 Å². The number of carboxylic acids is 1. The van der Waals surface area contributed by atoms with Crippen LogP contribution in [0.15, 0.2) is 84.9 Å². The Bertz CT molecular complexity index is 1990. The maximum atomic E-state index is 14.6. The van der Waals surface area contributed by atoms with E-state index in [-0.39, 0.29) is 24.2 Å². The van der Waals surface area contributed by atoms with Crippen LogP contribution in [0.2, 0.25) is 0 Å². The molecule has 1 unspecified atom stereocenters. The number of alkyl halides is 4. The van der Waals surface area contributed by atoms with E-state index in [1.54, 1.807) is 42.1 Å². The zero-order chi connectivity index (χ0) is 33.5. The number of halogens is 4. The number of carbonyl (C=O) groups excluding carboxylic acids is 1. The van der Waals surface area contributed by atoms with Crippen LogP contribution in [0.3, 0.4) is 0 Å². The smallest absolute Gasteiger partial charge is 0.497 e. The molecule has 1 aromatic heterocycles. The molecule has 0 saturated carbocycles. The van der Waals surface area contributed by atoms with Gasteiger partial charge in [-0.15, -0.1) is 8.78 Å². The summed E-state index contributed by atoms with van der Waals surface area (Å²) < 4.78 is 71.4. The van der Waals surface area contributed by atoms with Gasteiger partial charge in [0.15, 0.2) is 0 Å². The number of methoxy groups -OCH3 is 1. The molecule has 0 saturated heterocycles. The second-order valence-electron chi connectivity index (χ2n) is 10.9. The average molecular weight is 650 g/mol. The number of hydrogen-bond donors (Lipinski definition) is 2. The summed E-state index contributed by atoms with van der Waals surface area (Å²) in [5.74, 6) is -1.46. The maximum Gasteiger partial charge on any atom is 0.540 e. The minimum atomic E-state index is -4.49. The summed E-state index contributed by atoms with van der Waals surface area (Å²) in [4.78, 5) is 23.2. The van der Waals surface area contributed by atoms with Crippen LogP contribution < -0.4 is 14.8 Å². The van der Waals surface area contributed by atoms with Crippen LogP contribution in [0, 0.1) is 0 Å². The molecule has 2 heterocycles. The molecule has 1 atom stereocenters. The number of rotatable bonds is 9. The number of benzene rings is 4. The monoisotopic (exact) mass is 649 g/mol. The molecule has 0 radical (unpaired) electrons. The maximum absolute atomic E-state index is 14.6. The minimum absolute atomic E-state index is 0.0143. The molecule has 13 heteroatoms. The molecule has 0 fully saturated rings. The van der Waals surface area contributed by atoms with Crippen molar-refractivity contribution in [2.75, 3.05) is 13.7 Å². The molecular weight excluding hydrogens is 622 g/mol. The lowest BCUT2D eigenvalue weighted by atomic mass is 10.0. The Morgan fingerprint density at radius 2 is 1.64 bits per heavy atom. The van der Waals surface area contributed by atoms with Crippen LogP contribution >= 0.6 is 0 Å². The molecule has 6 rings (SSSR count). The Hall–Kier alpha value is -5.43. The highest BCUT2D eigenvalue weighted by molar-refractivity contribution is 5.94. The van der Waals surface area contributed by atoms with E-state index < -0.39 is 41.6 Å². The molecule has 0 bridgehead atoms. The van der Waals surface area contributed by atoms with E-state index in [1.807, 2.05) is 43.3 Å². The first kappa shape index (κ1) is 31.5. The van der Waals surface area contributed by atoms with Crippen LogP contribution in [0.1, 0.15) is 40.9 Å². The number of amides is 1. The quantitative estimate of drug-likeness (QED) is 0.163. The normalized spacial score (nSPS) is 15.4. The van der Waals surface area contributed by atoms with Crippen LogP contribution in [0.4, 0.5) is 17.6 Å². The third-order valence-corrected chi connectivity index (χ3v) is 7.79. The predicted molar refractivity (Wildman–Crippen MR) is 163 cm³/mol. The first-order valence-corrected chi connectivity index (χ1v) is 14.4. The lowest BCUT2D eigenvalue weighted by Gasteiger charge is -2.30. The van der Waals surface area contributed by atoms with Crippen molar-refractivity contribution in [2.45, 2.75) is 31.8 Å². The molecule has 1 aliphatic heterocycles. The molecule has 47 heavy (non-hydrogen) atoms. The van der Waals surface area contributed by atoms with Gasteiger partial charge in [0.05, 0.1) is 36.5 Å². The van der Waals surface area contributed by atoms with Gasteiger partial charge < -0.3 is 19.9 Å². The number of carbonyl (C=O) groups is 2. The van der Waals surface area contributed by atoms with E-state index >= 15 is 0 Å². The summed E-state index contributed by atoms with van der Waals surface area (Å²) in [7, 11) is 1.58. The van der Waals surface area contributed by atoms with Gasteiger partial charge >= 0.3 is 18.4 Å². The third-order valence-electron chi connectivity index (χ3n) is 7.79. The van der Waals surface area contributed by atoms with Crippen LogP contribution in [0.5, 0.6) is 11.5 Å². The van der Waals surface area contributed by atoms with Crippen molar-refractivity contribution in [1.82, 2.24) is 15.1 Å². The van der Waals surface area contributed by atoms with Crippen molar-refractivity contribution in [3.63, 3.8) is 0 Å². The fourth-order valence-corrected chi connectivity index (χ4v) is 5.35. The second kappa shape index (κ2) is 12.1. The Kier molecular flexibility index (Phi) is 8.10. The number of ether oxygens (including phenoxy) is 3. The molecular formula is C34H27F4N3O6. The fraction of sp³-hybridized carbons (Fsp3) is 0.206. The number of nitrogens with one attached hydrogen (secondary N) is 1. The van der Waals surface area contributed by atoms with Crippen LogP contribution in [-0.4, -0.2) is 46.7 Å². The molecule has 2 N–H and O–H groups in total. The molecule has 1 amide bonds. The Morgan fingerprint density at radius 3 is 2.36 bits per heavy atom. The third kappa shape index (κ3) is 6.47. The summed E-state index contributed by atoms with van der Waals surface area (Å²) in [6, 6.07) is 22.8. The van der Waals surface area contributed by atoms with Gasteiger partial charge in [-0.05, 0) is 77.9 Å². The number of carboxylic acid groups (broad SMARTS) is 1. The first-order chi connectivity index (χ1) is 22.3. The molecule has 4 aromatic carbocycles. The van der Waals surface area contributed by atoms with Crippen molar-refractivity contribution < 1.29 is 46.5 Å². The molecule has 0 aliphatic carbocycles. The van der Waals surface area contributed by atoms with E-state index in [1.165, 1.54) is 6.07 Å². The molecule has 242 valence electrons. The number of hydrogen-bond acceptors (Lipinski definition) is 6. The van der Waals surface area contributed by atoms with E-state index in [2.05, 4.69) is 14.8 Å². The van der Waals surface area contributed by atoms with E-state index in [0.29, 0.717) is 17.0 Å². The Labute approximate surface area is 265 Å². The van der Waals surface area contributed by atoms with E-state index in [9.17, 15) is 27.2 Å². The van der Waals surface area contributed by atoms with Gasteiger partial charge in [-0.1, -0.05) is 30.3 Å². The molecule has 9 nitrogen and oxygen atoms in total. The first-order valence-electron chi connectivity index (χ1n) is 14.4. The van der Waals surface area contributed by atoms with Crippen LogP contribution in [-0.2, 0) is 15.6 Å². The number of nitrogens with zero attached hydrogens (tertiary/aromatic N) is 2. The lowest BCUT2D eigenvalue weighted by molar-refractivity contribution is -0.461. The standard InChI is InChI=1S/C34H27F4N3O6/c1-19(20-3-5-21(6-4-20)32(44)39-14-13-31(42)43)41-29(25-8-7-23-16-26(45-2)11-9-22(23)15-25)18-28(40-41)24-10-12-30-27(17-24)33(35,36)47-34(37,38)46-30/h3-12,15-19H,13-14H2,1-2H3,(H,39,44)(H,42,43). The predicted octanol–water partition coefficient (Wildman–Crippen LogP) is 7.20. The Balaban J connectivity index is 1.40. The van der Waals surface area contributed by atoms with Crippen LogP contribution in [0.25, 0.3) is 33.3 Å². The van der Waals surface area contributed by atoms with Crippen molar-refractivity contribution in [3.05, 3.63) is 102 Å². The minimum Gasteiger partial charge on any atom is -0.497 e. The SMILES string of the molecule is COc1ccc2cc(-c3cc(-c4ccc5c(c4)C(F)(F)OC(F)(F)O5)nn3C(C)c3ccc(C(=O)NCCC(=O)O)cc3)ccc2c1. The lowest BCUT2D eigenvalue weighted by Crippen LogP contribution is -2.41. The average Bonchev–Trinajstić information content (AvgIpc) is 3.48. The second-order valence-corrected chi connectivity index (χ2v) is 10.9.